The van der Waals surface area contributed by atoms with Crippen LogP contribution in [0, 0.1) is 0 Å². The van der Waals surface area contributed by atoms with E-state index in [1.807, 2.05) is 30.3 Å². The molecule has 1 aromatic carbocycles. The first-order chi connectivity index (χ1) is 8.65. The highest BCUT2D eigenvalue weighted by atomic mass is 79.9. The van der Waals surface area contributed by atoms with E-state index in [9.17, 15) is 0 Å². The van der Waals surface area contributed by atoms with Crippen molar-refractivity contribution in [3.8, 4) is 0 Å². The summed E-state index contributed by atoms with van der Waals surface area (Å²) < 4.78 is 1.11. The van der Waals surface area contributed by atoms with Crippen LogP contribution < -0.4 is 11.5 Å². The summed E-state index contributed by atoms with van der Waals surface area (Å²) in [5.74, 6) is 0.542. The molecule has 18 heavy (non-hydrogen) atoms. The number of nitrogen functional groups attached to an aromatic ring is 1. The van der Waals surface area contributed by atoms with Crippen molar-refractivity contribution < 1.29 is 0 Å². The average molecular weight is 306 g/mol. The molecule has 4 heteroatoms. The number of anilines is 1. The van der Waals surface area contributed by atoms with Crippen molar-refractivity contribution in [2.75, 3.05) is 5.73 Å². The Morgan fingerprint density at radius 2 is 1.94 bits per heavy atom. The Morgan fingerprint density at radius 3 is 2.67 bits per heavy atom. The van der Waals surface area contributed by atoms with Crippen LogP contribution in [0.5, 0.6) is 0 Å². The molecule has 1 heterocycles. The molecule has 94 valence electrons. The number of nitrogens with zero attached hydrogens (tertiary/aromatic N) is 1. The smallest absolute Gasteiger partial charge is 0.123 e. The van der Waals surface area contributed by atoms with E-state index in [-0.39, 0.29) is 6.04 Å². The normalized spacial score (nSPS) is 12.3. The summed E-state index contributed by atoms with van der Waals surface area (Å²) >= 11 is 3.54. The zero-order valence-corrected chi connectivity index (χ0v) is 11.6. The van der Waals surface area contributed by atoms with Gasteiger partial charge in [-0.25, -0.2) is 4.98 Å². The first-order valence-corrected chi connectivity index (χ1v) is 6.64. The molecule has 2 aromatic rings. The van der Waals surface area contributed by atoms with Gasteiger partial charge in [0.15, 0.2) is 0 Å². The topological polar surface area (TPSA) is 64.9 Å². The second kappa shape index (κ2) is 5.98. The molecular weight excluding hydrogens is 290 g/mol. The Morgan fingerprint density at radius 1 is 1.17 bits per heavy atom. The Kier molecular flexibility index (Phi) is 4.33. The molecule has 0 saturated carbocycles. The van der Waals surface area contributed by atoms with Crippen LogP contribution in [0.1, 0.15) is 11.1 Å². The Balaban J connectivity index is 2.01. The fourth-order valence-corrected chi connectivity index (χ4v) is 2.39. The quantitative estimate of drug-likeness (QED) is 0.912. The van der Waals surface area contributed by atoms with E-state index in [0.717, 1.165) is 22.9 Å². The van der Waals surface area contributed by atoms with Gasteiger partial charge in [0.2, 0.25) is 0 Å². The Labute approximate surface area is 115 Å². The van der Waals surface area contributed by atoms with Gasteiger partial charge in [-0.05, 0) is 42.2 Å². The number of aromatic nitrogens is 1. The predicted octanol–water partition coefficient (Wildman–Crippen LogP) is 2.54. The molecule has 0 bridgehead atoms. The largest absolute Gasteiger partial charge is 0.384 e. The first-order valence-electron chi connectivity index (χ1n) is 5.84. The number of hydrogen-bond donors (Lipinski definition) is 2. The van der Waals surface area contributed by atoms with E-state index < -0.39 is 0 Å². The molecule has 0 aliphatic rings. The molecule has 0 aliphatic carbocycles. The van der Waals surface area contributed by atoms with Crippen LogP contribution in [0.3, 0.4) is 0 Å². The van der Waals surface area contributed by atoms with Gasteiger partial charge in [-0.2, -0.15) is 0 Å². The molecule has 0 aliphatic heterocycles. The molecule has 0 saturated heterocycles. The van der Waals surface area contributed by atoms with Gasteiger partial charge in [-0.1, -0.05) is 34.1 Å². The molecule has 0 amide bonds. The van der Waals surface area contributed by atoms with Gasteiger partial charge < -0.3 is 11.5 Å². The highest BCUT2D eigenvalue weighted by Gasteiger charge is 2.08. The van der Waals surface area contributed by atoms with Gasteiger partial charge in [-0.15, -0.1) is 0 Å². The van der Waals surface area contributed by atoms with Crippen molar-refractivity contribution in [3.63, 3.8) is 0 Å². The van der Waals surface area contributed by atoms with Crippen molar-refractivity contribution in [1.82, 2.24) is 4.98 Å². The van der Waals surface area contributed by atoms with E-state index in [2.05, 4.69) is 27.0 Å². The number of pyridine rings is 1. The average Bonchev–Trinajstić information content (AvgIpc) is 2.32. The van der Waals surface area contributed by atoms with Gasteiger partial charge in [-0.3, -0.25) is 0 Å². The highest BCUT2D eigenvalue weighted by molar-refractivity contribution is 9.10. The van der Waals surface area contributed by atoms with Crippen LogP contribution in [0.15, 0.2) is 47.1 Å². The summed E-state index contributed by atoms with van der Waals surface area (Å²) in [6, 6.07) is 12.1. The first kappa shape index (κ1) is 13.1. The molecule has 1 unspecified atom stereocenters. The Hall–Kier alpha value is -1.39. The summed E-state index contributed by atoms with van der Waals surface area (Å²) in [7, 11) is 0. The van der Waals surface area contributed by atoms with E-state index in [1.54, 1.807) is 6.20 Å². The maximum absolute atomic E-state index is 6.17. The molecule has 4 N–H and O–H groups in total. The second-order valence-corrected chi connectivity index (χ2v) is 5.20. The van der Waals surface area contributed by atoms with E-state index in [0.29, 0.717) is 5.82 Å². The third kappa shape index (κ3) is 3.55. The van der Waals surface area contributed by atoms with Crippen molar-refractivity contribution in [3.05, 3.63) is 58.2 Å². The fourth-order valence-electron chi connectivity index (χ4n) is 1.94. The van der Waals surface area contributed by atoms with E-state index in [1.165, 1.54) is 5.56 Å². The minimum Gasteiger partial charge on any atom is -0.384 e. The summed E-state index contributed by atoms with van der Waals surface area (Å²) in [5.41, 5.74) is 14.2. The zero-order valence-electron chi connectivity index (χ0n) is 10.0. The molecule has 2 rings (SSSR count). The number of rotatable bonds is 4. The van der Waals surface area contributed by atoms with Crippen molar-refractivity contribution >= 4 is 21.7 Å². The maximum Gasteiger partial charge on any atom is 0.123 e. The number of nitrogens with two attached hydrogens (primary N) is 2. The number of benzene rings is 1. The van der Waals surface area contributed by atoms with Crippen LogP contribution in [0.2, 0.25) is 0 Å². The summed E-state index contributed by atoms with van der Waals surface area (Å²) in [6.45, 7) is 0. The van der Waals surface area contributed by atoms with Crippen molar-refractivity contribution in [2.45, 2.75) is 18.9 Å². The molecule has 0 fully saturated rings. The van der Waals surface area contributed by atoms with Gasteiger partial charge >= 0.3 is 0 Å². The molecule has 3 nitrogen and oxygen atoms in total. The lowest BCUT2D eigenvalue weighted by atomic mass is 10.0. The van der Waals surface area contributed by atoms with Crippen LogP contribution in [-0.2, 0) is 12.8 Å². The monoisotopic (exact) mass is 305 g/mol. The number of hydrogen-bond acceptors (Lipinski definition) is 3. The lowest BCUT2D eigenvalue weighted by molar-refractivity contribution is 0.663. The third-order valence-electron chi connectivity index (χ3n) is 2.78. The molecule has 0 spiro atoms. The van der Waals surface area contributed by atoms with Gasteiger partial charge in [0.05, 0.1) is 0 Å². The maximum atomic E-state index is 6.17. The van der Waals surface area contributed by atoms with Gasteiger partial charge in [0, 0.05) is 16.7 Å². The van der Waals surface area contributed by atoms with Crippen LogP contribution >= 0.6 is 15.9 Å². The third-order valence-corrected chi connectivity index (χ3v) is 3.56. The lowest BCUT2D eigenvalue weighted by Gasteiger charge is -2.13. The van der Waals surface area contributed by atoms with Crippen LogP contribution in [0.4, 0.5) is 5.82 Å². The minimum absolute atomic E-state index is 0.0745. The molecule has 1 aromatic heterocycles. The predicted molar refractivity (Wildman–Crippen MR) is 78.2 cm³/mol. The summed E-state index contributed by atoms with van der Waals surface area (Å²) in [6.07, 6.45) is 3.35. The SMILES string of the molecule is Nc1cc(CC(N)Cc2ccccc2Br)ccn1. The van der Waals surface area contributed by atoms with E-state index in [4.69, 9.17) is 11.5 Å². The zero-order chi connectivity index (χ0) is 13.0. The van der Waals surface area contributed by atoms with Crippen LogP contribution in [-0.4, -0.2) is 11.0 Å². The summed E-state index contributed by atoms with van der Waals surface area (Å²) in [5, 5.41) is 0. The van der Waals surface area contributed by atoms with E-state index >= 15 is 0 Å². The minimum atomic E-state index is 0.0745. The lowest BCUT2D eigenvalue weighted by Crippen LogP contribution is -2.25. The molecule has 1 atom stereocenters. The van der Waals surface area contributed by atoms with Gasteiger partial charge in [0.1, 0.15) is 5.82 Å². The van der Waals surface area contributed by atoms with Crippen molar-refractivity contribution in [1.29, 1.82) is 0 Å². The van der Waals surface area contributed by atoms with Gasteiger partial charge in [0.25, 0.3) is 0 Å². The highest BCUT2D eigenvalue weighted by Crippen LogP contribution is 2.18. The molecule has 0 radical (unpaired) electrons. The molecular formula is C14H16BrN3. The second-order valence-electron chi connectivity index (χ2n) is 4.35. The Bertz CT molecular complexity index is 528. The van der Waals surface area contributed by atoms with Crippen molar-refractivity contribution in [2.24, 2.45) is 5.73 Å². The van der Waals surface area contributed by atoms with Crippen LogP contribution in [0.25, 0.3) is 0 Å². The summed E-state index contributed by atoms with van der Waals surface area (Å²) in [4.78, 5) is 3.97. The number of halogens is 1. The fraction of sp³-hybridized carbons (Fsp3) is 0.214. The standard InChI is InChI=1S/C14H16BrN3/c15-13-4-2-1-3-11(13)9-12(16)7-10-5-6-18-14(17)8-10/h1-6,8,12H,7,9,16H2,(H2,17,18).